The van der Waals surface area contributed by atoms with Crippen LogP contribution in [0.4, 0.5) is 0 Å². The van der Waals surface area contributed by atoms with Crippen molar-refractivity contribution in [2.24, 2.45) is 0 Å². The molecule has 0 aromatic heterocycles. The highest BCUT2D eigenvalue weighted by atomic mass is 35.7. The number of hydrogen-bond acceptors (Lipinski definition) is 2. The minimum atomic E-state index is -2.18. The van der Waals surface area contributed by atoms with E-state index in [-0.39, 0.29) is 6.29 Å². The van der Waals surface area contributed by atoms with Gasteiger partial charge in [-0.05, 0) is 99.7 Å². The summed E-state index contributed by atoms with van der Waals surface area (Å²) in [4.78, 5) is 0. The monoisotopic (exact) mass is 733 g/mol. The maximum Gasteiger partial charge on any atom is 0.210 e. The fourth-order valence-electron chi connectivity index (χ4n) is 6.75. The van der Waals surface area contributed by atoms with Gasteiger partial charge in [-0.2, -0.15) is 0 Å². The van der Waals surface area contributed by atoms with Gasteiger partial charge in [0.15, 0.2) is 6.29 Å². The van der Waals surface area contributed by atoms with E-state index in [1.165, 1.54) is 124 Å². The molecule has 0 unspecified atom stereocenters. The average Bonchev–Trinajstić information content (AvgIpc) is 3.17. The third kappa shape index (κ3) is 18.1. The minimum absolute atomic E-state index is 0.0193. The van der Waals surface area contributed by atoms with Crippen LogP contribution in [0.15, 0.2) is 97.1 Å². The zero-order valence-electron chi connectivity index (χ0n) is 32.4. The topological polar surface area (TPSA) is 18.5 Å². The Hall–Kier alpha value is -1.96. The van der Waals surface area contributed by atoms with E-state index >= 15 is 0 Å². The molecule has 3 aromatic carbocycles. The molecule has 0 saturated carbocycles. The third-order valence-corrected chi connectivity index (χ3v) is 14.7. The summed E-state index contributed by atoms with van der Waals surface area (Å²) in [5.41, 5.74) is 1.38. The molecule has 0 saturated heterocycles. The number of ether oxygens (including phenoxy) is 2. The van der Waals surface area contributed by atoms with Gasteiger partial charge in [-0.15, -0.1) is 0 Å². The van der Waals surface area contributed by atoms with Crippen molar-refractivity contribution in [3.05, 3.63) is 103 Å². The molecule has 0 aliphatic heterocycles. The van der Waals surface area contributed by atoms with E-state index in [0.29, 0.717) is 0 Å². The number of unbranched alkanes of at least 4 members (excludes halogenated alkanes) is 16. The van der Waals surface area contributed by atoms with Crippen molar-refractivity contribution < 1.29 is 9.47 Å². The largest absolute Gasteiger partial charge is 0.353 e. The molecule has 282 valence electrons. The summed E-state index contributed by atoms with van der Waals surface area (Å²) >= 11 is 7.57. The molecule has 3 aromatic rings. The van der Waals surface area contributed by atoms with Crippen LogP contribution >= 0.6 is 17.9 Å². The fourth-order valence-corrected chi connectivity index (χ4v) is 10.4. The van der Waals surface area contributed by atoms with Gasteiger partial charge in [0.05, 0.1) is 0 Å². The maximum atomic E-state index is 7.57. The van der Waals surface area contributed by atoms with Gasteiger partial charge in [0.25, 0.3) is 0 Å². The smallest absolute Gasteiger partial charge is 0.210 e. The lowest BCUT2D eigenvalue weighted by Gasteiger charge is -2.19. The predicted octanol–water partition coefficient (Wildman–Crippen LogP) is 13.8. The molecule has 0 radical (unpaired) electrons. The van der Waals surface area contributed by atoms with Crippen molar-refractivity contribution in [1.29, 1.82) is 0 Å². The van der Waals surface area contributed by atoms with Crippen LogP contribution in [0.3, 0.4) is 0 Å². The second-order valence-electron chi connectivity index (χ2n) is 14.3. The lowest BCUT2D eigenvalue weighted by molar-refractivity contribution is -0.148. The summed E-state index contributed by atoms with van der Waals surface area (Å²) in [6.07, 6.45) is 32.5. The zero-order valence-corrected chi connectivity index (χ0v) is 34.1. The lowest BCUT2D eigenvalue weighted by atomic mass is 10.1. The van der Waals surface area contributed by atoms with Gasteiger partial charge in [-0.3, -0.25) is 0 Å². The highest BCUT2D eigenvalue weighted by molar-refractivity contribution is 8.14. The highest BCUT2D eigenvalue weighted by Crippen LogP contribution is 2.60. The van der Waals surface area contributed by atoms with Crippen molar-refractivity contribution in [2.45, 2.75) is 161 Å². The van der Waals surface area contributed by atoms with Gasteiger partial charge < -0.3 is 9.47 Å². The SMILES string of the molecule is CCCCCCCCCOC(CCCCC/C=C\CCCc1ccc([P+](Cl)(c2ccccc2)c2ccccc2)cc1)OCCCCCCCCC. The van der Waals surface area contributed by atoms with Gasteiger partial charge in [0.1, 0.15) is 27.2 Å². The average molecular weight is 735 g/mol. The van der Waals surface area contributed by atoms with Crippen LogP contribution in [0.25, 0.3) is 0 Å². The summed E-state index contributed by atoms with van der Waals surface area (Å²) in [6, 6.07) is 30.3. The second-order valence-corrected chi connectivity index (χ2v) is 18.6. The van der Waals surface area contributed by atoms with Crippen LogP contribution in [-0.2, 0) is 15.9 Å². The number of halogens is 1. The van der Waals surface area contributed by atoms with Crippen molar-refractivity contribution in [2.75, 3.05) is 13.2 Å². The van der Waals surface area contributed by atoms with E-state index in [1.807, 2.05) is 0 Å². The first-order valence-corrected chi connectivity index (χ1v) is 23.6. The molecular weight excluding hydrogens is 663 g/mol. The van der Waals surface area contributed by atoms with E-state index in [4.69, 9.17) is 20.7 Å². The molecule has 3 rings (SSSR count). The normalized spacial score (nSPS) is 12.0. The van der Waals surface area contributed by atoms with Crippen molar-refractivity contribution in [1.82, 2.24) is 0 Å². The Labute approximate surface area is 319 Å². The fraction of sp³-hybridized carbons (Fsp3) is 0.574. The number of benzene rings is 3. The molecule has 0 spiro atoms. The molecule has 0 amide bonds. The molecule has 0 aliphatic rings. The molecule has 0 atom stereocenters. The maximum absolute atomic E-state index is 7.57. The molecule has 0 bridgehead atoms. The van der Waals surface area contributed by atoms with E-state index in [2.05, 4.69) is 111 Å². The van der Waals surface area contributed by atoms with Gasteiger partial charge >= 0.3 is 0 Å². The number of rotatable bonds is 31. The van der Waals surface area contributed by atoms with E-state index in [1.54, 1.807) is 0 Å². The summed E-state index contributed by atoms with van der Waals surface area (Å²) < 4.78 is 12.5. The summed E-state index contributed by atoms with van der Waals surface area (Å²) in [6.45, 7) is 4.08. The molecule has 0 fully saturated rings. The van der Waals surface area contributed by atoms with Gasteiger partial charge in [-0.1, -0.05) is 158 Å². The Morgan fingerprint density at radius 1 is 0.490 bits per heavy atom. The predicted molar refractivity (Wildman–Crippen MR) is 228 cm³/mol. The molecule has 4 heteroatoms. The molecule has 0 heterocycles. The summed E-state index contributed by atoms with van der Waals surface area (Å²) in [5.74, 6) is 0. The van der Waals surface area contributed by atoms with Crippen LogP contribution in [0.5, 0.6) is 0 Å². The number of aryl methyl sites for hydroxylation is 1. The zero-order chi connectivity index (χ0) is 36.1. The molecule has 0 N–H and O–H groups in total. The number of hydrogen-bond donors (Lipinski definition) is 0. The van der Waals surface area contributed by atoms with Crippen molar-refractivity contribution in [3.8, 4) is 0 Å². The standard InChI is InChI=1S/C47H71ClO2P/c1-3-5-7-9-15-19-29-41-49-47(50-42-30-20-16-10-8-6-4-2)36-28-18-14-12-11-13-17-23-31-43-37-39-46(40-38-43)51(48,44-32-24-21-25-33-44)45-34-26-22-27-35-45/h11,13,21-22,24-27,32-35,37-40,47H,3-10,12,14-20,23,28-31,36,41-42H2,1-2H3/q+1/b13-11-. The highest BCUT2D eigenvalue weighted by Gasteiger charge is 2.44. The van der Waals surface area contributed by atoms with E-state index in [9.17, 15) is 0 Å². The Morgan fingerprint density at radius 3 is 1.43 bits per heavy atom. The minimum Gasteiger partial charge on any atom is -0.353 e. The second kappa shape index (κ2) is 28.5. The number of allylic oxidation sites excluding steroid dienone is 2. The Kier molecular flexibility index (Phi) is 24.3. The Balaban J connectivity index is 1.31. The summed E-state index contributed by atoms with van der Waals surface area (Å²) in [5, 5.41) is 3.63. The first-order chi connectivity index (χ1) is 25.2. The van der Waals surface area contributed by atoms with Crippen molar-refractivity contribution >= 4 is 33.8 Å². The molecule has 51 heavy (non-hydrogen) atoms. The van der Waals surface area contributed by atoms with Crippen LogP contribution in [0.2, 0.25) is 0 Å². The third-order valence-electron chi connectivity index (χ3n) is 9.93. The first-order valence-electron chi connectivity index (χ1n) is 20.9. The van der Waals surface area contributed by atoms with Crippen molar-refractivity contribution in [3.63, 3.8) is 0 Å². The molecule has 0 aliphatic carbocycles. The Bertz CT molecular complexity index is 1190. The van der Waals surface area contributed by atoms with E-state index < -0.39 is 6.62 Å². The first kappa shape index (κ1) is 43.4. The van der Waals surface area contributed by atoms with Crippen LogP contribution < -0.4 is 15.9 Å². The molecule has 2 nitrogen and oxygen atoms in total. The van der Waals surface area contributed by atoms with Gasteiger partial charge in [0.2, 0.25) is 6.62 Å². The van der Waals surface area contributed by atoms with Crippen LogP contribution in [0.1, 0.15) is 154 Å². The van der Waals surface area contributed by atoms with Gasteiger partial charge in [-0.25, -0.2) is 0 Å². The quantitative estimate of drug-likeness (QED) is 0.0284. The molecular formula is C47H71ClO2P+. The lowest BCUT2D eigenvalue weighted by Crippen LogP contribution is -2.27. The van der Waals surface area contributed by atoms with Gasteiger partial charge in [0, 0.05) is 13.2 Å². The van der Waals surface area contributed by atoms with Crippen LogP contribution in [-0.4, -0.2) is 19.5 Å². The van der Waals surface area contributed by atoms with Crippen LogP contribution in [0, 0.1) is 0 Å². The Morgan fingerprint density at radius 2 is 0.922 bits per heavy atom. The van der Waals surface area contributed by atoms with E-state index in [0.717, 1.165) is 51.7 Å². The summed E-state index contributed by atoms with van der Waals surface area (Å²) in [7, 11) is 0.